The molecule has 21 heavy (non-hydrogen) atoms. The summed E-state index contributed by atoms with van der Waals surface area (Å²) in [5, 5.41) is 4.66. The number of hydrogen-bond donors (Lipinski definition) is 2. The number of carbonyl (C=O) groups excluding carboxylic acids is 3. The average molecular weight is 293 g/mol. The van der Waals surface area contributed by atoms with Gasteiger partial charge in [0.2, 0.25) is 5.91 Å². The highest BCUT2D eigenvalue weighted by atomic mass is 16.5. The maximum absolute atomic E-state index is 11.7. The summed E-state index contributed by atoms with van der Waals surface area (Å²) in [5.41, 5.74) is 0.906. The van der Waals surface area contributed by atoms with Crippen molar-refractivity contribution in [3.8, 4) is 0 Å². The van der Waals surface area contributed by atoms with Gasteiger partial charge in [-0.3, -0.25) is 10.1 Å². The van der Waals surface area contributed by atoms with Gasteiger partial charge in [-0.05, 0) is 19.1 Å². The minimum atomic E-state index is -0.544. The summed E-state index contributed by atoms with van der Waals surface area (Å²) < 4.78 is 4.70. The van der Waals surface area contributed by atoms with Gasteiger partial charge in [-0.15, -0.1) is 0 Å². The van der Waals surface area contributed by atoms with E-state index in [9.17, 15) is 14.4 Å². The van der Waals surface area contributed by atoms with Crippen LogP contribution in [0.3, 0.4) is 0 Å². The molecule has 0 heterocycles. The molecule has 0 unspecified atom stereocenters. The lowest BCUT2D eigenvalue weighted by molar-refractivity contribution is -0.118. The van der Waals surface area contributed by atoms with Crippen LogP contribution in [0.1, 0.15) is 17.3 Å². The van der Waals surface area contributed by atoms with Gasteiger partial charge < -0.3 is 15.0 Å². The van der Waals surface area contributed by atoms with Crippen molar-refractivity contribution in [2.45, 2.75) is 6.92 Å². The van der Waals surface area contributed by atoms with Crippen molar-refractivity contribution in [3.63, 3.8) is 0 Å². The molecule has 0 radical (unpaired) electrons. The second-order valence-corrected chi connectivity index (χ2v) is 4.27. The molecule has 0 saturated carbocycles. The van der Waals surface area contributed by atoms with E-state index in [0.717, 1.165) is 0 Å². The van der Waals surface area contributed by atoms with Gasteiger partial charge in [-0.25, -0.2) is 9.59 Å². The largest absolute Gasteiger partial charge is 0.465 e. The summed E-state index contributed by atoms with van der Waals surface area (Å²) in [5.74, 6) is -0.954. The average Bonchev–Trinajstić information content (AvgIpc) is 2.46. The van der Waals surface area contributed by atoms with E-state index in [1.165, 1.54) is 7.11 Å². The Hall–Kier alpha value is -2.57. The molecule has 0 bridgehead atoms. The maximum atomic E-state index is 11.7. The molecule has 0 aliphatic carbocycles. The number of methoxy groups -OCH3 is 1. The van der Waals surface area contributed by atoms with Crippen LogP contribution in [0.2, 0.25) is 0 Å². The third-order valence-electron chi connectivity index (χ3n) is 2.69. The summed E-state index contributed by atoms with van der Waals surface area (Å²) in [4.78, 5) is 36.2. The lowest BCUT2D eigenvalue weighted by Gasteiger charge is -2.20. The molecule has 1 aromatic carbocycles. The standard InChI is InChI=1S/C14H19N3O4/c1-4-15-14(20)16-12(18)9-17(2)11-8-6-5-7-10(11)13(19)21-3/h5-8H,4,9H2,1-3H3,(H2,15,16,18,20). The fourth-order valence-corrected chi connectivity index (χ4v) is 1.76. The Morgan fingerprint density at radius 1 is 1.24 bits per heavy atom. The maximum Gasteiger partial charge on any atom is 0.339 e. The number of esters is 1. The summed E-state index contributed by atoms with van der Waals surface area (Å²) in [6, 6.07) is 6.22. The van der Waals surface area contributed by atoms with Crippen LogP contribution in [0, 0.1) is 0 Å². The lowest BCUT2D eigenvalue weighted by atomic mass is 10.1. The van der Waals surface area contributed by atoms with Crippen molar-refractivity contribution >= 4 is 23.6 Å². The highest BCUT2D eigenvalue weighted by Gasteiger charge is 2.16. The highest BCUT2D eigenvalue weighted by Crippen LogP contribution is 2.19. The van der Waals surface area contributed by atoms with Gasteiger partial charge in [-0.1, -0.05) is 12.1 Å². The molecule has 1 aromatic rings. The molecule has 7 nitrogen and oxygen atoms in total. The van der Waals surface area contributed by atoms with E-state index in [4.69, 9.17) is 4.74 Å². The molecular weight excluding hydrogens is 274 g/mol. The Labute approximate surface area is 123 Å². The van der Waals surface area contributed by atoms with E-state index in [2.05, 4.69) is 10.6 Å². The molecule has 2 N–H and O–H groups in total. The third kappa shape index (κ3) is 4.79. The first-order chi connectivity index (χ1) is 9.99. The number of para-hydroxylation sites is 1. The van der Waals surface area contributed by atoms with Crippen LogP contribution in [-0.2, 0) is 9.53 Å². The topological polar surface area (TPSA) is 87.7 Å². The van der Waals surface area contributed by atoms with Crippen LogP contribution in [0.4, 0.5) is 10.5 Å². The van der Waals surface area contributed by atoms with Crippen LogP contribution >= 0.6 is 0 Å². The van der Waals surface area contributed by atoms with Crippen molar-refractivity contribution in [1.82, 2.24) is 10.6 Å². The summed E-state index contributed by atoms with van der Waals surface area (Å²) in [6.45, 7) is 2.12. The van der Waals surface area contributed by atoms with Crippen LogP contribution in [0.5, 0.6) is 0 Å². The first kappa shape index (κ1) is 16.5. The van der Waals surface area contributed by atoms with Crippen LogP contribution in [-0.4, -0.2) is 45.2 Å². The smallest absolute Gasteiger partial charge is 0.339 e. The van der Waals surface area contributed by atoms with Gasteiger partial charge in [0.1, 0.15) is 0 Å². The second kappa shape index (κ2) is 7.88. The van der Waals surface area contributed by atoms with E-state index in [0.29, 0.717) is 17.8 Å². The van der Waals surface area contributed by atoms with Gasteiger partial charge in [0.05, 0.1) is 24.9 Å². The first-order valence-electron chi connectivity index (χ1n) is 6.45. The van der Waals surface area contributed by atoms with Crippen molar-refractivity contribution in [2.24, 2.45) is 0 Å². The fraction of sp³-hybridized carbons (Fsp3) is 0.357. The number of rotatable bonds is 5. The van der Waals surface area contributed by atoms with Gasteiger partial charge in [0.25, 0.3) is 0 Å². The van der Waals surface area contributed by atoms with Gasteiger partial charge in [0.15, 0.2) is 0 Å². The Morgan fingerprint density at radius 3 is 2.52 bits per heavy atom. The number of nitrogens with one attached hydrogen (secondary N) is 2. The molecule has 114 valence electrons. The molecule has 0 spiro atoms. The SMILES string of the molecule is CCNC(=O)NC(=O)CN(C)c1ccccc1C(=O)OC. The molecule has 0 aliphatic rings. The van der Waals surface area contributed by atoms with Crippen LogP contribution in [0.15, 0.2) is 24.3 Å². The molecule has 0 atom stereocenters. The number of hydrogen-bond acceptors (Lipinski definition) is 5. The number of benzene rings is 1. The zero-order chi connectivity index (χ0) is 15.8. The molecule has 3 amide bonds. The van der Waals surface area contributed by atoms with E-state index < -0.39 is 17.9 Å². The Bertz CT molecular complexity index is 531. The summed E-state index contributed by atoms with van der Waals surface area (Å²) in [6.07, 6.45) is 0. The normalized spacial score (nSPS) is 9.67. The molecule has 0 fully saturated rings. The van der Waals surface area contributed by atoms with Gasteiger partial charge >= 0.3 is 12.0 Å². The van der Waals surface area contributed by atoms with E-state index >= 15 is 0 Å². The Kier molecular flexibility index (Phi) is 6.19. The summed E-state index contributed by atoms with van der Waals surface area (Å²) >= 11 is 0. The monoisotopic (exact) mass is 293 g/mol. The predicted molar refractivity (Wildman–Crippen MR) is 78.3 cm³/mol. The van der Waals surface area contributed by atoms with Gasteiger partial charge in [0, 0.05) is 13.6 Å². The van der Waals surface area contributed by atoms with E-state index in [1.807, 2.05) is 0 Å². The number of amides is 3. The van der Waals surface area contributed by atoms with E-state index in [1.54, 1.807) is 43.1 Å². The number of carbonyl (C=O) groups is 3. The zero-order valence-electron chi connectivity index (χ0n) is 12.3. The van der Waals surface area contributed by atoms with E-state index in [-0.39, 0.29) is 6.54 Å². The number of nitrogens with zero attached hydrogens (tertiary/aromatic N) is 1. The van der Waals surface area contributed by atoms with Crippen molar-refractivity contribution in [2.75, 3.05) is 32.1 Å². The predicted octanol–water partition coefficient (Wildman–Crippen LogP) is 0.755. The molecule has 0 aromatic heterocycles. The van der Waals surface area contributed by atoms with Crippen LogP contribution < -0.4 is 15.5 Å². The Morgan fingerprint density at radius 2 is 1.90 bits per heavy atom. The molecule has 1 rings (SSSR count). The third-order valence-corrected chi connectivity index (χ3v) is 2.69. The number of anilines is 1. The minimum absolute atomic E-state index is 0.0643. The van der Waals surface area contributed by atoms with Crippen molar-refractivity contribution in [1.29, 1.82) is 0 Å². The van der Waals surface area contributed by atoms with Gasteiger partial charge in [-0.2, -0.15) is 0 Å². The number of urea groups is 1. The molecule has 7 heteroatoms. The molecule has 0 saturated heterocycles. The Balaban J connectivity index is 2.76. The van der Waals surface area contributed by atoms with Crippen molar-refractivity contribution in [3.05, 3.63) is 29.8 Å². The number of ether oxygens (including phenoxy) is 1. The quantitative estimate of drug-likeness (QED) is 0.782. The van der Waals surface area contributed by atoms with Crippen LogP contribution in [0.25, 0.3) is 0 Å². The second-order valence-electron chi connectivity index (χ2n) is 4.27. The molecule has 0 aliphatic heterocycles. The highest BCUT2D eigenvalue weighted by molar-refractivity contribution is 5.99. The molecular formula is C14H19N3O4. The zero-order valence-corrected chi connectivity index (χ0v) is 12.3. The van der Waals surface area contributed by atoms with Crippen molar-refractivity contribution < 1.29 is 19.1 Å². The number of likely N-dealkylation sites (N-methyl/N-ethyl adjacent to an activating group) is 1. The number of imide groups is 1. The summed E-state index contributed by atoms with van der Waals surface area (Å²) in [7, 11) is 2.94. The fourth-order valence-electron chi connectivity index (χ4n) is 1.76. The minimum Gasteiger partial charge on any atom is -0.465 e. The first-order valence-corrected chi connectivity index (χ1v) is 6.45. The lowest BCUT2D eigenvalue weighted by Crippen LogP contribution is -2.43.